The van der Waals surface area contributed by atoms with Crippen LogP contribution in [0.15, 0.2) is 48.6 Å². The Morgan fingerprint density at radius 1 is 0.950 bits per heavy atom. The molecule has 0 aromatic heterocycles. The lowest BCUT2D eigenvalue weighted by Crippen LogP contribution is -2.27. The highest BCUT2D eigenvalue weighted by atomic mass is 19.3. The molecule has 0 spiro atoms. The van der Waals surface area contributed by atoms with Crippen molar-refractivity contribution < 1.29 is 18.7 Å². The van der Waals surface area contributed by atoms with Crippen molar-refractivity contribution in [3.8, 4) is 0 Å². The normalized spacial score (nSPS) is 13.3. The highest BCUT2D eigenvalue weighted by Crippen LogP contribution is 2.20. The molecule has 0 aliphatic carbocycles. The van der Waals surface area contributed by atoms with Gasteiger partial charge in [0, 0.05) is 6.42 Å². The largest absolute Gasteiger partial charge is 0.477 e. The average molecular weight is 284 g/mol. The minimum absolute atomic E-state index is 0.0659. The first kappa shape index (κ1) is 18.3. The fraction of sp³-hybridized carbons (Fsp3) is 0.438. The fourth-order valence-corrected chi connectivity index (χ4v) is 1.34. The lowest BCUT2D eigenvalue weighted by atomic mass is 10.1. The molecule has 0 atom stereocenters. The molecular weight excluding hydrogens is 262 g/mol. The van der Waals surface area contributed by atoms with Gasteiger partial charge in [0.1, 0.15) is 0 Å². The van der Waals surface area contributed by atoms with Gasteiger partial charge in [0.25, 0.3) is 0 Å². The molecule has 0 radical (unpaired) electrons. The molecule has 0 aromatic carbocycles. The van der Waals surface area contributed by atoms with Crippen LogP contribution in [-0.4, -0.2) is 17.0 Å². The van der Waals surface area contributed by atoms with E-state index in [1.54, 1.807) is 12.2 Å². The first-order valence-electron chi connectivity index (χ1n) is 6.68. The molecule has 0 aromatic rings. The summed E-state index contributed by atoms with van der Waals surface area (Å²) in [5.74, 6) is -5.69. The molecule has 20 heavy (non-hydrogen) atoms. The summed E-state index contributed by atoms with van der Waals surface area (Å²) in [5.41, 5.74) is 0. The number of rotatable bonds is 10. The summed E-state index contributed by atoms with van der Waals surface area (Å²) in [6.45, 7) is 1.98. The van der Waals surface area contributed by atoms with Gasteiger partial charge in [-0.2, -0.15) is 8.78 Å². The van der Waals surface area contributed by atoms with Crippen molar-refractivity contribution in [3.05, 3.63) is 48.6 Å². The molecular formula is C16H22F2O2. The number of aliphatic carboxylic acids is 1. The average Bonchev–Trinajstić information content (AvgIpc) is 2.39. The summed E-state index contributed by atoms with van der Waals surface area (Å²) in [7, 11) is 0. The van der Waals surface area contributed by atoms with Crippen molar-refractivity contribution in [3.63, 3.8) is 0 Å². The van der Waals surface area contributed by atoms with Gasteiger partial charge in [-0.05, 0) is 32.6 Å². The molecule has 0 bridgehead atoms. The molecule has 2 nitrogen and oxygen atoms in total. The predicted molar refractivity (Wildman–Crippen MR) is 77.9 cm³/mol. The van der Waals surface area contributed by atoms with Crippen LogP contribution in [0.5, 0.6) is 0 Å². The monoisotopic (exact) mass is 284 g/mol. The molecule has 0 saturated carbocycles. The maximum Gasteiger partial charge on any atom is 0.374 e. The first-order valence-corrected chi connectivity index (χ1v) is 6.68. The Bertz CT molecular complexity index is 380. The standard InChI is InChI=1S/C16H22F2O2/c1-2-3-4-5-6-7-8-9-10-11-12-13-14-16(17,18)15(19)20/h2-3,5-6,8-9,11-12H,4,7,10,13-14H2,1H3,(H,19,20)/b3-2-,6-5-,9-8-,12-11-. The van der Waals surface area contributed by atoms with E-state index in [2.05, 4.69) is 18.2 Å². The van der Waals surface area contributed by atoms with E-state index in [0.717, 1.165) is 12.8 Å². The van der Waals surface area contributed by atoms with Gasteiger partial charge in [-0.3, -0.25) is 0 Å². The smallest absolute Gasteiger partial charge is 0.374 e. The molecule has 0 amide bonds. The summed E-state index contributed by atoms with van der Waals surface area (Å²) in [4.78, 5) is 10.2. The van der Waals surface area contributed by atoms with Crippen molar-refractivity contribution in [2.24, 2.45) is 0 Å². The van der Waals surface area contributed by atoms with Crippen LogP contribution in [0.4, 0.5) is 8.78 Å². The van der Waals surface area contributed by atoms with E-state index in [-0.39, 0.29) is 6.42 Å². The van der Waals surface area contributed by atoms with Crippen LogP contribution in [0, 0.1) is 0 Å². The van der Waals surface area contributed by atoms with Gasteiger partial charge in [-0.25, -0.2) is 4.79 Å². The predicted octanol–water partition coefficient (Wildman–Crippen LogP) is 4.90. The van der Waals surface area contributed by atoms with Gasteiger partial charge in [-0.1, -0.05) is 48.6 Å². The van der Waals surface area contributed by atoms with Crippen molar-refractivity contribution >= 4 is 5.97 Å². The van der Waals surface area contributed by atoms with Crippen molar-refractivity contribution in [2.45, 2.75) is 45.0 Å². The molecule has 0 heterocycles. The Morgan fingerprint density at radius 2 is 1.40 bits per heavy atom. The molecule has 0 aliphatic rings. The van der Waals surface area contributed by atoms with Crippen LogP contribution in [0.1, 0.15) is 39.0 Å². The van der Waals surface area contributed by atoms with E-state index in [4.69, 9.17) is 5.11 Å². The quantitative estimate of drug-likeness (QED) is 0.579. The third kappa shape index (κ3) is 10.2. The molecule has 0 unspecified atom stereocenters. The van der Waals surface area contributed by atoms with Gasteiger partial charge in [0.15, 0.2) is 0 Å². The minimum atomic E-state index is -3.63. The third-order valence-electron chi connectivity index (χ3n) is 2.49. The third-order valence-corrected chi connectivity index (χ3v) is 2.49. The Kier molecular flexibility index (Phi) is 10.2. The Morgan fingerprint density at radius 3 is 1.85 bits per heavy atom. The van der Waals surface area contributed by atoms with Crippen LogP contribution in [0.2, 0.25) is 0 Å². The number of hydrogen-bond donors (Lipinski definition) is 1. The molecule has 112 valence electrons. The second kappa shape index (κ2) is 11.1. The molecule has 1 N–H and O–H groups in total. The van der Waals surface area contributed by atoms with Crippen LogP contribution in [-0.2, 0) is 4.79 Å². The number of halogens is 2. The SMILES string of the molecule is C/C=C\C/C=C\C/C=C\C/C=C\CCC(F)(F)C(=O)O. The van der Waals surface area contributed by atoms with E-state index < -0.39 is 18.3 Å². The second-order valence-corrected chi connectivity index (χ2v) is 4.24. The zero-order valence-corrected chi connectivity index (χ0v) is 11.8. The van der Waals surface area contributed by atoms with Crippen LogP contribution < -0.4 is 0 Å². The van der Waals surface area contributed by atoms with Gasteiger partial charge < -0.3 is 5.11 Å². The Balaban J connectivity index is 3.67. The summed E-state index contributed by atoms with van der Waals surface area (Å²) in [6.07, 6.45) is 17.4. The minimum Gasteiger partial charge on any atom is -0.477 e. The number of hydrogen-bond acceptors (Lipinski definition) is 1. The number of allylic oxidation sites excluding steroid dienone is 8. The zero-order valence-electron chi connectivity index (χ0n) is 11.8. The summed E-state index contributed by atoms with van der Waals surface area (Å²) >= 11 is 0. The lowest BCUT2D eigenvalue weighted by Gasteiger charge is -2.08. The van der Waals surface area contributed by atoms with Crippen molar-refractivity contribution in [1.82, 2.24) is 0 Å². The summed E-state index contributed by atoms with van der Waals surface area (Å²) in [6, 6.07) is 0. The van der Waals surface area contributed by atoms with E-state index in [0.29, 0.717) is 6.42 Å². The van der Waals surface area contributed by atoms with Gasteiger partial charge >= 0.3 is 11.9 Å². The highest BCUT2D eigenvalue weighted by Gasteiger charge is 2.37. The van der Waals surface area contributed by atoms with Gasteiger partial charge in [-0.15, -0.1) is 0 Å². The van der Waals surface area contributed by atoms with E-state index in [1.165, 1.54) is 0 Å². The zero-order chi connectivity index (χ0) is 15.3. The molecule has 0 fully saturated rings. The highest BCUT2D eigenvalue weighted by molar-refractivity contribution is 5.75. The lowest BCUT2D eigenvalue weighted by molar-refractivity contribution is -0.165. The molecule has 0 saturated heterocycles. The van der Waals surface area contributed by atoms with Crippen LogP contribution >= 0.6 is 0 Å². The number of carboxylic acid groups (broad SMARTS) is 1. The Hall–Kier alpha value is -1.71. The maximum atomic E-state index is 12.7. The fourth-order valence-electron chi connectivity index (χ4n) is 1.34. The van der Waals surface area contributed by atoms with Crippen LogP contribution in [0.3, 0.4) is 0 Å². The van der Waals surface area contributed by atoms with E-state index in [1.807, 2.05) is 25.2 Å². The van der Waals surface area contributed by atoms with Crippen LogP contribution in [0.25, 0.3) is 0 Å². The number of carbonyl (C=O) groups is 1. The number of alkyl halides is 2. The molecule has 0 aliphatic heterocycles. The Labute approximate surface area is 119 Å². The first-order chi connectivity index (χ1) is 9.50. The topological polar surface area (TPSA) is 37.3 Å². The summed E-state index contributed by atoms with van der Waals surface area (Å²) in [5, 5.41) is 8.22. The second-order valence-electron chi connectivity index (χ2n) is 4.24. The molecule has 4 heteroatoms. The van der Waals surface area contributed by atoms with Gasteiger partial charge in [0.05, 0.1) is 0 Å². The van der Waals surface area contributed by atoms with Crippen molar-refractivity contribution in [2.75, 3.05) is 0 Å². The van der Waals surface area contributed by atoms with Crippen molar-refractivity contribution in [1.29, 1.82) is 0 Å². The summed E-state index contributed by atoms with van der Waals surface area (Å²) < 4.78 is 25.4. The maximum absolute atomic E-state index is 12.7. The molecule has 0 rings (SSSR count). The number of carboxylic acids is 1. The van der Waals surface area contributed by atoms with Gasteiger partial charge in [0.2, 0.25) is 0 Å². The van der Waals surface area contributed by atoms with E-state index >= 15 is 0 Å². The van der Waals surface area contributed by atoms with E-state index in [9.17, 15) is 13.6 Å².